The number of carboxylic acid groups (broad SMARTS) is 1. The van der Waals surface area contributed by atoms with Crippen LogP contribution in [-0.2, 0) is 17.3 Å². The molecule has 1 aromatic heterocycles. The predicted molar refractivity (Wildman–Crippen MR) is 61.5 cm³/mol. The number of carbonyl (C=O) groups is 1. The van der Waals surface area contributed by atoms with E-state index in [9.17, 15) is 9.90 Å². The molecule has 82 valence electrons. The minimum atomic E-state index is -0.693. The van der Waals surface area contributed by atoms with Crippen molar-refractivity contribution in [2.45, 2.75) is 18.3 Å². The Morgan fingerprint density at radius 1 is 1.38 bits per heavy atom. The summed E-state index contributed by atoms with van der Waals surface area (Å²) in [5.41, 5.74) is 1.44. The number of nitrogens with zero attached hydrogens (tertiary/aromatic N) is 1. The molecule has 3 heteroatoms. The summed E-state index contributed by atoms with van der Waals surface area (Å²) >= 11 is 0. The van der Waals surface area contributed by atoms with Crippen molar-refractivity contribution in [1.29, 1.82) is 0 Å². The number of benzene rings is 1. The Hall–Kier alpha value is -1.77. The van der Waals surface area contributed by atoms with Gasteiger partial charge in [-0.3, -0.25) is 4.79 Å². The van der Waals surface area contributed by atoms with E-state index in [0.717, 1.165) is 29.3 Å². The van der Waals surface area contributed by atoms with Gasteiger partial charge in [0, 0.05) is 18.8 Å². The molecule has 0 atom stereocenters. The number of aryl methyl sites for hydroxylation is 1. The van der Waals surface area contributed by atoms with Crippen molar-refractivity contribution in [3.63, 3.8) is 0 Å². The number of hydrogen-bond donors (Lipinski definition) is 1. The summed E-state index contributed by atoms with van der Waals surface area (Å²) in [7, 11) is 1.98. The van der Waals surface area contributed by atoms with Crippen molar-refractivity contribution in [1.82, 2.24) is 4.57 Å². The molecular formula is C13H13NO2. The first-order valence-corrected chi connectivity index (χ1v) is 5.42. The van der Waals surface area contributed by atoms with Crippen LogP contribution in [0.3, 0.4) is 0 Å². The minimum absolute atomic E-state index is 0.599. The van der Waals surface area contributed by atoms with E-state index in [0.29, 0.717) is 0 Å². The SMILES string of the molecule is Cn1ccc2ccc(C3(C(=O)O)CC3)cc21. The van der Waals surface area contributed by atoms with E-state index in [-0.39, 0.29) is 0 Å². The van der Waals surface area contributed by atoms with Gasteiger partial charge in [-0.2, -0.15) is 0 Å². The maximum absolute atomic E-state index is 11.2. The van der Waals surface area contributed by atoms with Gasteiger partial charge in [0.05, 0.1) is 5.41 Å². The molecule has 0 saturated heterocycles. The Labute approximate surface area is 93.3 Å². The lowest BCUT2D eigenvalue weighted by molar-refractivity contribution is -0.140. The zero-order valence-corrected chi connectivity index (χ0v) is 9.10. The van der Waals surface area contributed by atoms with Crippen LogP contribution in [0.15, 0.2) is 30.5 Å². The Morgan fingerprint density at radius 3 is 2.75 bits per heavy atom. The molecule has 0 radical (unpaired) electrons. The second-order valence-electron chi connectivity index (χ2n) is 4.59. The van der Waals surface area contributed by atoms with Crippen molar-refractivity contribution in [3.8, 4) is 0 Å². The fourth-order valence-corrected chi connectivity index (χ4v) is 2.31. The summed E-state index contributed by atoms with van der Waals surface area (Å²) in [6, 6.07) is 8.01. The number of carboxylic acids is 1. The zero-order valence-electron chi connectivity index (χ0n) is 9.10. The lowest BCUT2D eigenvalue weighted by Crippen LogP contribution is -2.19. The summed E-state index contributed by atoms with van der Waals surface area (Å²) in [5.74, 6) is -0.693. The molecule has 0 amide bonds. The van der Waals surface area contributed by atoms with E-state index in [1.807, 2.05) is 42.1 Å². The summed E-state index contributed by atoms with van der Waals surface area (Å²) in [6.45, 7) is 0. The highest BCUT2D eigenvalue weighted by Crippen LogP contribution is 2.48. The molecule has 1 fully saturated rings. The first kappa shape index (κ1) is 9.46. The van der Waals surface area contributed by atoms with Crippen molar-refractivity contribution in [3.05, 3.63) is 36.0 Å². The third kappa shape index (κ3) is 1.11. The Kier molecular flexibility index (Phi) is 1.70. The summed E-state index contributed by atoms with van der Waals surface area (Å²) in [4.78, 5) is 11.2. The van der Waals surface area contributed by atoms with Gasteiger partial charge in [0.25, 0.3) is 0 Å². The van der Waals surface area contributed by atoms with Gasteiger partial charge in [-0.05, 0) is 35.9 Å². The molecule has 16 heavy (non-hydrogen) atoms. The Morgan fingerprint density at radius 2 is 2.12 bits per heavy atom. The van der Waals surface area contributed by atoms with Crippen LogP contribution >= 0.6 is 0 Å². The van der Waals surface area contributed by atoms with Gasteiger partial charge in [-0.1, -0.05) is 12.1 Å². The van der Waals surface area contributed by atoms with Crippen LogP contribution in [0.4, 0.5) is 0 Å². The van der Waals surface area contributed by atoms with Crippen LogP contribution in [0.1, 0.15) is 18.4 Å². The maximum Gasteiger partial charge on any atom is 0.314 e. The van der Waals surface area contributed by atoms with Crippen molar-refractivity contribution < 1.29 is 9.90 Å². The van der Waals surface area contributed by atoms with Crippen LogP contribution < -0.4 is 0 Å². The van der Waals surface area contributed by atoms with E-state index in [4.69, 9.17) is 0 Å². The summed E-state index contributed by atoms with van der Waals surface area (Å²) < 4.78 is 2.02. The maximum atomic E-state index is 11.2. The smallest absolute Gasteiger partial charge is 0.314 e. The molecule has 1 saturated carbocycles. The second-order valence-corrected chi connectivity index (χ2v) is 4.59. The van der Waals surface area contributed by atoms with Crippen LogP contribution in [0, 0.1) is 0 Å². The lowest BCUT2D eigenvalue weighted by Gasteiger charge is -2.10. The zero-order chi connectivity index (χ0) is 11.3. The van der Waals surface area contributed by atoms with Gasteiger partial charge >= 0.3 is 5.97 Å². The van der Waals surface area contributed by atoms with E-state index in [2.05, 4.69) is 0 Å². The molecule has 0 spiro atoms. The Balaban J connectivity index is 2.18. The molecule has 0 bridgehead atoms. The number of hydrogen-bond acceptors (Lipinski definition) is 1. The molecule has 1 aromatic carbocycles. The number of fused-ring (bicyclic) bond motifs is 1. The third-order valence-electron chi connectivity index (χ3n) is 3.60. The van der Waals surface area contributed by atoms with Gasteiger partial charge < -0.3 is 9.67 Å². The third-order valence-corrected chi connectivity index (χ3v) is 3.60. The fourth-order valence-electron chi connectivity index (χ4n) is 2.31. The van der Waals surface area contributed by atoms with Crippen LogP contribution in [0.25, 0.3) is 10.9 Å². The van der Waals surface area contributed by atoms with Crippen LogP contribution in [0.5, 0.6) is 0 Å². The van der Waals surface area contributed by atoms with Crippen molar-refractivity contribution in [2.24, 2.45) is 7.05 Å². The molecule has 1 aliphatic rings. The highest BCUT2D eigenvalue weighted by atomic mass is 16.4. The first-order chi connectivity index (χ1) is 7.63. The van der Waals surface area contributed by atoms with Gasteiger partial charge in [0.2, 0.25) is 0 Å². The molecule has 3 nitrogen and oxygen atoms in total. The van der Waals surface area contributed by atoms with E-state index < -0.39 is 11.4 Å². The van der Waals surface area contributed by atoms with Crippen molar-refractivity contribution in [2.75, 3.05) is 0 Å². The van der Waals surface area contributed by atoms with E-state index >= 15 is 0 Å². The van der Waals surface area contributed by atoms with E-state index in [1.54, 1.807) is 0 Å². The predicted octanol–water partition coefficient (Wildman–Crippen LogP) is 2.29. The topological polar surface area (TPSA) is 42.2 Å². The number of aromatic nitrogens is 1. The average molecular weight is 215 g/mol. The fraction of sp³-hybridized carbons (Fsp3) is 0.308. The minimum Gasteiger partial charge on any atom is -0.481 e. The first-order valence-electron chi connectivity index (χ1n) is 5.42. The number of rotatable bonds is 2. The molecule has 0 aliphatic heterocycles. The van der Waals surface area contributed by atoms with Gasteiger partial charge in [-0.25, -0.2) is 0 Å². The molecule has 3 rings (SSSR count). The number of aliphatic carboxylic acids is 1. The molecule has 1 heterocycles. The molecule has 1 aliphatic carbocycles. The van der Waals surface area contributed by atoms with Crippen LogP contribution in [-0.4, -0.2) is 15.6 Å². The molecular weight excluding hydrogens is 202 g/mol. The summed E-state index contributed by atoms with van der Waals surface area (Å²) in [6.07, 6.45) is 3.52. The molecule has 0 unspecified atom stereocenters. The van der Waals surface area contributed by atoms with Crippen LogP contribution in [0.2, 0.25) is 0 Å². The normalized spacial score (nSPS) is 17.6. The molecule has 2 aromatic rings. The average Bonchev–Trinajstić information content (AvgIpc) is 3.01. The highest BCUT2D eigenvalue weighted by Gasteiger charge is 2.51. The second kappa shape index (κ2) is 2.88. The van der Waals surface area contributed by atoms with E-state index in [1.165, 1.54) is 0 Å². The quantitative estimate of drug-likeness (QED) is 0.835. The molecule has 1 N–H and O–H groups in total. The van der Waals surface area contributed by atoms with Gasteiger partial charge in [-0.15, -0.1) is 0 Å². The lowest BCUT2D eigenvalue weighted by atomic mass is 9.95. The standard InChI is InChI=1S/C13H13NO2/c1-14-7-4-9-2-3-10(8-11(9)14)13(5-6-13)12(15)16/h2-4,7-8H,5-6H2,1H3,(H,15,16). The Bertz CT molecular complexity index is 579. The highest BCUT2D eigenvalue weighted by molar-refractivity contribution is 5.88. The monoisotopic (exact) mass is 215 g/mol. The summed E-state index contributed by atoms with van der Waals surface area (Å²) in [5, 5.41) is 10.4. The largest absolute Gasteiger partial charge is 0.481 e. The van der Waals surface area contributed by atoms with Crippen molar-refractivity contribution >= 4 is 16.9 Å². The van der Waals surface area contributed by atoms with Gasteiger partial charge in [0.1, 0.15) is 0 Å². The van der Waals surface area contributed by atoms with Gasteiger partial charge in [0.15, 0.2) is 0 Å².